The molecule has 1 saturated carbocycles. The van der Waals surface area contributed by atoms with Crippen LogP contribution in [0.25, 0.3) is 0 Å². The molecule has 1 aliphatic rings. The monoisotopic (exact) mass is 470 g/mol. The van der Waals surface area contributed by atoms with Gasteiger partial charge >= 0.3 is 0 Å². The summed E-state index contributed by atoms with van der Waals surface area (Å²) in [4.78, 5) is 37.2. The van der Waals surface area contributed by atoms with Gasteiger partial charge in [-0.25, -0.2) is 0 Å². The van der Waals surface area contributed by atoms with Gasteiger partial charge in [-0.2, -0.15) is 0 Å². The molecular weight excluding hydrogens is 440 g/mol. The van der Waals surface area contributed by atoms with Gasteiger partial charge in [0, 0.05) is 34.2 Å². The first kappa shape index (κ1) is 24.0. The Labute approximate surface area is 205 Å². The van der Waals surface area contributed by atoms with Crippen molar-refractivity contribution in [3.05, 3.63) is 90.0 Å². The summed E-state index contributed by atoms with van der Waals surface area (Å²) in [5.74, 6) is -0.491. The predicted molar refractivity (Wildman–Crippen MR) is 139 cm³/mol. The number of carbonyl (C=O) groups is 3. The Bertz CT molecular complexity index is 1160. The van der Waals surface area contributed by atoms with Crippen molar-refractivity contribution in [1.82, 2.24) is 5.32 Å². The van der Waals surface area contributed by atoms with Crippen LogP contribution in [0.15, 0.2) is 78.9 Å². The van der Waals surface area contributed by atoms with Crippen LogP contribution in [-0.2, 0) is 4.79 Å². The highest BCUT2D eigenvalue weighted by atomic mass is 16.2. The fourth-order valence-corrected chi connectivity index (χ4v) is 4.11. The molecule has 3 amide bonds. The van der Waals surface area contributed by atoms with E-state index in [1.165, 1.54) is 6.42 Å². The molecule has 0 radical (unpaired) electrons. The molecule has 7 heteroatoms. The van der Waals surface area contributed by atoms with Crippen LogP contribution in [0.2, 0.25) is 0 Å². The maximum atomic E-state index is 12.4. The quantitative estimate of drug-likeness (QED) is 0.370. The molecule has 0 aromatic heterocycles. The van der Waals surface area contributed by atoms with E-state index >= 15 is 0 Å². The van der Waals surface area contributed by atoms with Crippen molar-refractivity contribution < 1.29 is 14.4 Å². The Kier molecular flexibility index (Phi) is 8.12. The van der Waals surface area contributed by atoms with E-state index in [9.17, 15) is 14.4 Å². The van der Waals surface area contributed by atoms with Gasteiger partial charge in [0.2, 0.25) is 5.91 Å². The topological polar surface area (TPSA) is 99.3 Å². The smallest absolute Gasteiger partial charge is 0.255 e. The lowest BCUT2D eigenvalue weighted by Crippen LogP contribution is -2.36. The first-order chi connectivity index (χ1) is 17.1. The largest absolute Gasteiger partial charge is 0.376 e. The van der Waals surface area contributed by atoms with E-state index in [1.54, 1.807) is 54.6 Å². The van der Waals surface area contributed by atoms with E-state index in [4.69, 9.17) is 0 Å². The molecule has 7 nitrogen and oxygen atoms in total. The van der Waals surface area contributed by atoms with Crippen molar-refractivity contribution in [1.29, 1.82) is 0 Å². The van der Waals surface area contributed by atoms with Gasteiger partial charge in [-0.05, 0) is 67.4 Å². The molecule has 0 bridgehead atoms. The molecule has 3 aromatic carbocycles. The molecule has 1 fully saturated rings. The van der Waals surface area contributed by atoms with Crippen LogP contribution in [-0.4, -0.2) is 30.3 Å². The first-order valence-electron chi connectivity index (χ1n) is 12.0. The van der Waals surface area contributed by atoms with Crippen LogP contribution >= 0.6 is 0 Å². The van der Waals surface area contributed by atoms with E-state index in [0.717, 1.165) is 25.7 Å². The van der Waals surface area contributed by atoms with Crippen molar-refractivity contribution in [2.24, 2.45) is 0 Å². The van der Waals surface area contributed by atoms with Crippen LogP contribution in [0, 0.1) is 0 Å². The van der Waals surface area contributed by atoms with Gasteiger partial charge in [-0.3, -0.25) is 14.4 Å². The second-order valence-corrected chi connectivity index (χ2v) is 8.69. The van der Waals surface area contributed by atoms with Gasteiger partial charge in [-0.15, -0.1) is 0 Å². The zero-order valence-electron chi connectivity index (χ0n) is 19.6. The zero-order valence-corrected chi connectivity index (χ0v) is 19.6. The van der Waals surface area contributed by atoms with E-state index in [0.29, 0.717) is 28.2 Å². The lowest BCUT2D eigenvalue weighted by atomic mass is 9.95. The molecule has 0 heterocycles. The number of hydrogen-bond acceptors (Lipinski definition) is 4. The van der Waals surface area contributed by atoms with Crippen LogP contribution in [0.3, 0.4) is 0 Å². The maximum absolute atomic E-state index is 12.4. The number of amides is 3. The minimum Gasteiger partial charge on any atom is -0.376 e. The van der Waals surface area contributed by atoms with Gasteiger partial charge in [0.25, 0.3) is 11.8 Å². The number of rotatable bonds is 8. The normalized spacial score (nSPS) is 13.5. The molecule has 1 aliphatic carbocycles. The summed E-state index contributed by atoms with van der Waals surface area (Å²) in [6.07, 6.45) is 5.64. The Hall–Kier alpha value is -4.13. The molecule has 35 heavy (non-hydrogen) atoms. The third-order valence-corrected chi connectivity index (χ3v) is 5.98. The molecule has 0 aliphatic heterocycles. The Morgan fingerprint density at radius 2 is 1.34 bits per heavy atom. The molecule has 4 rings (SSSR count). The average Bonchev–Trinajstić information content (AvgIpc) is 2.89. The van der Waals surface area contributed by atoms with Gasteiger partial charge in [0.15, 0.2) is 0 Å². The Morgan fingerprint density at radius 1 is 0.657 bits per heavy atom. The van der Waals surface area contributed by atoms with Crippen LogP contribution in [0.4, 0.5) is 17.1 Å². The van der Waals surface area contributed by atoms with Gasteiger partial charge in [-0.1, -0.05) is 43.5 Å². The van der Waals surface area contributed by atoms with Crippen LogP contribution in [0.5, 0.6) is 0 Å². The summed E-state index contributed by atoms with van der Waals surface area (Å²) >= 11 is 0. The second-order valence-electron chi connectivity index (χ2n) is 8.69. The van der Waals surface area contributed by atoms with E-state index in [-0.39, 0.29) is 30.3 Å². The summed E-state index contributed by atoms with van der Waals surface area (Å²) in [7, 11) is 0. The summed E-state index contributed by atoms with van der Waals surface area (Å²) < 4.78 is 0. The highest BCUT2D eigenvalue weighted by molar-refractivity contribution is 6.04. The van der Waals surface area contributed by atoms with Gasteiger partial charge in [0.05, 0.1) is 6.54 Å². The number of benzene rings is 3. The predicted octanol–water partition coefficient (Wildman–Crippen LogP) is 5.05. The standard InChI is InChI=1S/C28H30N4O3/c33-26(30-23-16-14-21(15-17-23)28(35)31-22-10-5-2-6-11-22)19-29-24-12-7-13-25(18-24)32-27(34)20-8-3-1-4-9-20/h1,3-4,7-9,12-18,22,29H,2,5-6,10-11,19H2,(H,30,33)(H,31,35)(H,32,34). The third kappa shape index (κ3) is 7.17. The average molecular weight is 471 g/mol. The highest BCUT2D eigenvalue weighted by Gasteiger charge is 2.16. The molecule has 0 unspecified atom stereocenters. The Morgan fingerprint density at radius 3 is 2.09 bits per heavy atom. The molecule has 0 atom stereocenters. The Balaban J connectivity index is 1.25. The fourth-order valence-electron chi connectivity index (χ4n) is 4.11. The summed E-state index contributed by atoms with van der Waals surface area (Å²) in [5.41, 5.74) is 3.12. The minimum absolute atomic E-state index is 0.0556. The van der Waals surface area contributed by atoms with Gasteiger partial charge < -0.3 is 21.3 Å². The number of carbonyl (C=O) groups excluding carboxylic acids is 3. The van der Waals surface area contributed by atoms with Crippen molar-refractivity contribution >= 4 is 34.8 Å². The van der Waals surface area contributed by atoms with Crippen LogP contribution < -0.4 is 21.3 Å². The minimum atomic E-state index is -0.219. The molecule has 3 aromatic rings. The van der Waals surface area contributed by atoms with Crippen molar-refractivity contribution in [2.45, 2.75) is 38.1 Å². The summed E-state index contributed by atoms with van der Waals surface area (Å²) in [6, 6.07) is 23.3. The lowest BCUT2D eigenvalue weighted by Gasteiger charge is -2.22. The molecule has 180 valence electrons. The summed E-state index contributed by atoms with van der Waals surface area (Å²) in [5, 5.41) is 11.8. The summed E-state index contributed by atoms with van der Waals surface area (Å²) in [6.45, 7) is 0.0556. The van der Waals surface area contributed by atoms with E-state index in [2.05, 4.69) is 21.3 Å². The zero-order chi connectivity index (χ0) is 24.5. The third-order valence-electron chi connectivity index (χ3n) is 5.98. The molecule has 0 spiro atoms. The second kappa shape index (κ2) is 11.8. The SMILES string of the molecule is O=C(CNc1cccc(NC(=O)c2ccccc2)c1)Nc1ccc(C(=O)NC2CCCCC2)cc1. The van der Waals surface area contributed by atoms with Crippen LogP contribution in [0.1, 0.15) is 52.8 Å². The lowest BCUT2D eigenvalue weighted by molar-refractivity contribution is -0.114. The number of hydrogen-bond donors (Lipinski definition) is 4. The number of nitrogens with one attached hydrogen (secondary N) is 4. The molecular formula is C28H30N4O3. The first-order valence-corrected chi connectivity index (χ1v) is 12.0. The maximum Gasteiger partial charge on any atom is 0.255 e. The van der Waals surface area contributed by atoms with Crippen molar-refractivity contribution in [3.8, 4) is 0 Å². The number of anilines is 3. The van der Waals surface area contributed by atoms with E-state index < -0.39 is 0 Å². The highest BCUT2D eigenvalue weighted by Crippen LogP contribution is 2.19. The van der Waals surface area contributed by atoms with Crippen molar-refractivity contribution in [3.63, 3.8) is 0 Å². The van der Waals surface area contributed by atoms with Gasteiger partial charge in [0.1, 0.15) is 0 Å². The van der Waals surface area contributed by atoms with Crippen molar-refractivity contribution in [2.75, 3.05) is 22.5 Å². The molecule has 0 saturated heterocycles. The van der Waals surface area contributed by atoms with E-state index in [1.807, 2.05) is 24.3 Å². The molecule has 4 N–H and O–H groups in total. The fraction of sp³-hybridized carbons (Fsp3) is 0.250.